The van der Waals surface area contributed by atoms with Crippen molar-refractivity contribution in [2.24, 2.45) is 0 Å². The quantitative estimate of drug-likeness (QED) is 0.781. The van der Waals surface area contributed by atoms with Gasteiger partial charge in [-0.15, -0.1) is 0 Å². The monoisotopic (exact) mass is 407 g/mol. The van der Waals surface area contributed by atoms with Crippen molar-refractivity contribution in [3.05, 3.63) is 58.4 Å². The van der Waals surface area contributed by atoms with Crippen molar-refractivity contribution >= 4 is 21.4 Å². The van der Waals surface area contributed by atoms with Gasteiger partial charge in [0.2, 0.25) is 9.84 Å². The lowest BCUT2D eigenvalue weighted by Crippen LogP contribution is -2.39. The van der Waals surface area contributed by atoms with E-state index in [9.17, 15) is 31.1 Å². The molecule has 0 amide bonds. The molecular formula is C16H10ClF4NO3S. The van der Waals surface area contributed by atoms with E-state index >= 15 is 0 Å². The maximum absolute atomic E-state index is 14.3. The summed E-state index contributed by atoms with van der Waals surface area (Å²) >= 11 is 5.82. The Morgan fingerprint density at radius 1 is 1.12 bits per heavy atom. The fourth-order valence-electron chi connectivity index (χ4n) is 2.09. The van der Waals surface area contributed by atoms with Crippen LogP contribution in [0.25, 0.3) is 0 Å². The second kappa shape index (κ2) is 6.54. The maximum Gasteiger partial charge on any atom is 0.421 e. The summed E-state index contributed by atoms with van der Waals surface area (Å²) in [6.07, 6.45) is -5.09. The number of nitrogens with zero attached hydrogens (tertiary/aromatic N) is 1. The first-order valence-electron chi connectivity index (χ1n) is 6.86. The summed E-state index contributed by atoms with van der Waals surface area (Å²) in [4.78, 5) is -1.42. The number of halogens is 5. The Morgan fingerprint density at radius 3 is 2.15 bits per heavy atom. The lowest BCUT2D eigenvalue weighted by molar-refractivity contribution is -0.258. The number of aliphatic hydroxyl groups is 1. The van der Waals surface area contributed by atoms with Crippen LogP contribution in [0.3, 0.4) is 0 Å². The van der Waals surface area contributed by atoms with E-state index in [-0.39, 0.29) is 10.6 Å². The predicted molar refractivity (Wildman–Crippen MR) is 83.6 cm³/mol. The summed E-state index contributed by atoms with van der Waals surface area (Å²) in [5.74, 6) is -1.48. The normalized spacial score (nSPS) is 14.5. The fraction of sp³-hybridized carbons (Fsp3) is 0.188. The Labute approximate surface area is 151 Å². The van der Waals surface area contributed by atoms with Crippen molar-refractivity contribution < 1.29 is 31.1 Å². The summed E-state index contributed by atoms with van der Waals surface area (Å²) in [7, 11) is -4.50. The van der Waals surface area contributed by atoms with Crippen LogP contribution in [0.15, 0.2) is 46.2 Å². The van der Waals surface area contributed by atoms with Crippen LogP contribution in [-0.4, -0.2) is 19.7 Å². The van der Waals surface area contributed by atoms with Gasteiger partial charge in [0, 0.05) is 0 Å². The van der Waals surface area contributed by atoms with Crippen LogP contribution in [0.2, 0.25) is 5.02 Å². The van der Waals surface area contributed by atoms with Crippen molar-refractivity contribution in [1.82, 2.24) is 0 Å². The van der Waals surface area contributed by atoms with Crippen molar-refractivity contribution in [3.8, 4) is 6.07 Å². The third-order valence-corrected chi connectivity index (χ3v) is 5.96. The fourth-order valence-corrected chi connectivity index (χ4v) is 3.94. The van der Waals surface area contributed by atoms with Crippen LogP contribution < -0.4 is 0 Å². The van der Waals surface area contributed by atoms with E-state index in [0.717, 1.165) is 18.2 Å². The van der Waals surface area contributed by atoms with Gasteiger partial charge >= 0.3 is 6.18 Å². The first-order chi connectivity index (χ1) is 11.8. The van der Waals surface area contributed by atoms with Gasteiger partial charge in [-0.25, -0.2) is 12.8 Å². The molecule has 0 aromatic heterocycles. The minimum atomic E-state index is -5.09. The molecular weight excluding hydrogens is 398 g/mol. The highest BCUT2D eigenvalue weighted by atomic mass is 35.5. The molecule has 1 atom stereocenters. The molecule has 10 heteroatoms. The average Bonchev–Trinajstić information content (AvgIpc) is 2.52. The second-order valence-electron chi connectivity index (χ2n) is 5.48. The zero-order chi connectivity index (χ0) is 19.9. The largest absolute Gasteiger partial charge is 0.421 e. The molecule has 0 saturated carbocycles. The third-order valence-electron chi connectivity index (χ3n) is 3.69. The van der Waals surface area contributed by atoms with E-state index in [2.05, 4.69) is 0 Å². The van der Waals surface area contributed by atoms with Crippen molar-refractivity contribution in [1.29, 1.82) is 5.26 Å². The molecule has 4 nitrogen and oxygen atoms in total. The SMILES string of the molecule is C[C@](O)(c1ccc(S(=O)(=O)c2ccc(C#N)cc2Cl)c(F)c1)C(F)(F)F. The van der Waals surface area contributed by atoms with Gasteiger partial charge in [0.15, 0.2) is 5.60 Å². The molecule has 0 spiro atoms. The van der Waals surface area contributed by atoms with Gasteiger partial charge in [0.05, 0.1) is 21.6 Å². The van der Waals surface area contributed by atoms with Gasteiger partial charge in [0.25, 0.3) is 0 Å². The summed E-state index contributed by atoms with van der Waals surface area (Å²) < 4.78 is 77.9. The Hall–Kier alpha value is -2.15. The van der Waals surface area contributed by atoms with Crippen LogP contribution in [0.1, 0.15) is 18.1 Å². The number of hydrogen-bond donors (Lipinski definition) is 1. The molecule has 0 aliphatic carbocycles. The molecule has 0 radical (unpaired) electrons. The van der Waals surface area contributed by atoms with E-state index in [4.69, 9.17) is 16.9 Å². The Bertz CT molecular complexity index is 1010. The highest BCUT2D eigenvalue weighted by Gasteiger charge is 2.51. The van der Waals surface area contributed by atoms with Crippen LogP contribution in [0.5, 0.6) is 0 Å². The number of benzene rings is 2. The third kappa shape index (κ3) is 3.40. The van der Waals surface area contributed by atoms with Gasteiger partial charge in [-0.05, 0) is 42.8 Å². The van der Waals surface area contributed by atoms with Crippen LogP contribution in [0, 0.1) is 17.1 Å². The minimum Gasteiger partial charge on any atom is -0.376 e. The highest BCUT2D eigenvalue weighted by Crippen LogP contribution is 2.39. The molecule has 2 aromatic rings. The van der Waals surface area contributed by atoms with Gasteiger partial charge in [-0.3, -0.25) is 0 Å². The van der Waals surface area contributed by atoms with E-state index in [0.29, 0.717) is 25.1 Å². The van der Waals surface area contributed by atoms with Crippen molar-refractivity contribution in [2.45, 2.75) is 28.5 Å². The Balaban J connectivity index is 2.58. The van der Waals surface area contributed by atoms with E-state index in [1.807, 2.05) is 0 Å². The molecule has 0 aliphatic heterocycles. The van der Waals surface area contributed by atoms with Gasteiger partial charge in [-0.2, -0.15) is 18.4 Å². The van der Waals surface area contributed by atoms with E-state index in [1.165, 1.54) is 0 Å². The highest BCUT2D eigenvalue weighted by molar-refractivity contribution is 7.91. The van der Waals surface area contributed by atoms with Crippen LogP contribution in [-0.2, 0) is 15.4 Å². The number of sulfone groups is 1. The molecule has 2 rings (SSSR count). The number of alkyl halides is 3. The lowest BCUT2D eigenvalue weighted by Gasteiger charge is -2.26. The van der Waals surface area contributed by atoms with E-state index < -0.39 is 42.8 Å². The summed E-state index contributed by atoms with van der Waals surface area (Å²) in [5.41, 5.74) is -4.14. The number of nitriles is 1. The molecule has 0 fully saturated rings. The van der Waals surface area contributed by atoms with Crippen molar-refractivity contribution in [3.63, 3.8) is 0 Å². The molecule has 2 aromatic carbocycles. The molecule has 0 bridgehead atoms. The molecule has 0 saturated heterocycles. The summed E-state index contributed by atoms with van der Waals surface area (Å²) in [6, 6.07) is 6.55. The number of rotatable bonds is 3. The van der Waals surface area contributed by atoms with E-state index in [1.54, 1.807) is 6.07 Å². The zero-order valence-electron chi connectivity index (χ0n) is 13.0. The molecule has 26 heavy (non-hydrogen) atoms. The smallest absolute Gasteiger partial charge is 0.376 e. The topological polar surface area (TPSA) is 78.2 Å². The minimum absolute atomic E-state index is 0.0750. The Kier molecular flexibility index (Phi) is 5.07. The molecule has 0 aliphatic rings. The van der Waals surface area contributed by atoms with Crippen LogP contribution in [0.4, 0.5) is 17.6 Å². The first-order valence-corrected chi connectivity index (χ1v) is 8.72. The summed E-state index contributed by atoms with van der Waals surface area (Å²) in [6.45, 7) is 0.424. The predicted octanol–water partition coefficient (Wildman–Crippen LogP) is 3.95. The standard InChI is InChI=1S/C16H10ClF4NO3S/c1-15(23,16(19,20)21)10-3-5-14(12(18)7-10)26(24,25)13-4-2-9(8-22)6-11(13)17/h2-7,23H,1H3/t15-/m0/s1. The van der Waals surface area contributed by atoms with Crippen LogP contribution >= 0.6 is 11.6 Å². The second-order valence-corrected chi connectivity index (χ2v) is 7.77. The molecule has 0 heterocycles. The van der Waals surface area contributed by atoms with Gasteiger partial charge in [0.1, 0.15) is 10.7 Å². The number of hydrogen-bond acceptors (Lipinski definition) is 4. The molecule has 1 N–H and O–H groups in total. The Morgan fingerprint density at radius 2 is 1.69 bits per heavy atom. The average molecular weight is 408 g/mol. The van der Waals surface area contributed by atoms with Gasteiger partial charge in [-0.1, -0.05) is 17.7 Å². The molecule has 0 unspecified atom stereocenters. The lowest BCUT2D eigenvalue weighted by atomic mass is 9.95. The molecule has 138 valence electrons. The van der Waals surface area contributed by atoms with Gasteiger partial charge < -0.3 is 5.11 Å². The first kappa shape index (κ1) is 20.2. The maximum atomic E-state index is 14.3. The summed E-state index contributed by atoms with van der Waals surface area (Å²) in [5, 5.41) is 18.0. The zero-order valence-corrected chi connectivity index (χ0v) is 14.5. The van der Waals surface area contributed by atoms with Crippen molar-refractivity contribution in [2.75, 3.05) is 0 Å².